The van der Waals surface area contributed by atoms with Crippen LogP contribution in [-0.4, -0.2) is 61.0 Å². The largest absolute Gasteiger partial charge is 0.460 e. The van der Waals surface area contributed by atoms with Crippen LogP contribution in [-0.2, 0) is 19.1 Å². The highest BCUT2D eigenvalue weighted by Crippen LogP contribution is 2.13. The lowest BCUT2D eigenvalue weighted by Gasteiger charge is -2.31. The highest BCUT2D eigenvalue weighted by molar-refractivity contribution is 5.91. The second-order valence-electron chi connectivity index (χ2n) is 6.83. The van der Waals surface area contributed by atoms with Gasteiger partial charge in [-0.1, -0.05) is 0 Å². The molecule has 0 radical (unpaired) electrons. The average molecular weight is 327 g/mol. The first-order chi connectivity index (χ1) is 10.7. The molecule has 0 aromatic carbocycles. The highest BCUT2D eigenvalue weighted by Gasteiger charge is 2.30. The third kappa shape index (κ3) is 7.45. The van der Waals surface area contributed by atoms with Gasteiger partial charge in [0.15, 0.2) is 0 Å². The van der Waals surface area contributed by atoms with Crippen molar-refractivity contribution in [3.8, 4) is 0 Å². The number of hydrogen-bond acceptors (Lipinski definition) is 5. The predicted molar refractivity (Wildman–Crippen MR) is 86.8 cm³/mol. The van der Waals surface area contributed by atoms with Crippen LogP contribution in [0.1, 0.15) is 46.5 Å². The van der Waals surface area contributed by atoms with Crippen LogP contribution in [0.5, 0.6) is 0 Å². The first kappa shape index (κ1) is 19.4. The van der Waals surface area contributed by atoms with E-state index in [1.54, 1.807) is 32.7 Å². The summed E-state index contributed by atoms with van der Waals surface area (Å²) in [6.07, 6.45) is 2.86. The maximum absolute atomic E-state index is 12.6. The number of carbonyl (C=O) groups excluding carboxylic acids is 3. The number of carbonyl (C=O) groups is 3. The van der Waals surface area contributed by atoms with Crippen molar-refractivity contribution in [2.75, 3.05) is 26.7 Å². The minimum atomic E-state index is -0.871. The van der Waals surface area contributed by atoms with E-state index in [9.17, 15) is 14.4 Å². The number of nitrogens with zero attached hydrogens (tertiary/aromatic N) is 1. The van der Waals surface area contributed by atoms with E-state index in [1.807, 2.05) is 0 Å². The van der Waals surface area contributed by atoms with Crippen LogP contribution in [0.3, 0.4) is 0 Å². The average Bonchev–Trinajstić information content (AvgIpc) is 2.45. The Morgan fingerprint density at radius 1 is 1.13 bits per heavy atom. The van der Waals surface area contributed by atoms with E-state index >= 15 is 0 Å². The van der Waals surface area contributed by atoms with E-state index in [0.717, 1.165) is 19.3 Å². The SMILES string of the molecule is CNCC(=O)NC(CC(=O)OC(C)(C)C)C(=O)N1CCCCC1. The van der Waals surface area contributed by atoms with Gasteiger partial charge in [-0.2, -0.15) is 0 Å². The molecule has 23 heavy (non-hydrogen) atoms. The van der Waals surface area contributed by atoms with Gasteiger partial charge in [0.05, 0.1) is 13.0 Å². The molecule has 132 valence electrons. The summed E-state index contributed by atoms with van der Waals surface area (Å²) in [7, 11) is 1.65. The van der Waals surface area contributed by atoms with E-state index in [-0.39, 0.29) is 24.8 Å². The summed E-state index contributed by atoms with van der Waals surface area (Å²) in [5, 5.41) is 5.37. The Morgan fingerprint density at radius 3 is 2.26 bits per heavy atom. The van der Waals surface area contributed by atoms with E-state index in [2.05, 4.69) is 10.6 Å². The van der Waals surface area contributed by atoms with Gasteiger partial charge in [-0.05, 0) is 47.1 Å². The Labute approximate surface area is 138 Å². The van der Waals surface area contributed by atoms with Gasteiger partial charge in [0, 0.05) is 13.1 Å². The molecule has 1 heterocycles. The normalized spacial score (nSPS) is 16.6. The van der Waals surface area contributed by atoms with Crippen molar-refractivity contribution < 1.29 is 19.1 Å². The summed E-state index contributed by atoms with van der Waals surface area (Å²) in [5.41, 5.74) is -0.620. The lowest BCUT2D eigenvalue weighted by atomic mass is 10.1. The number of likely N-dealkylation sites (tertiary alicyclic amines) is 1. The Balaban J connectivity index is 2.72. The number of amides is 2. The van der Waals surface area contributed by atoms with Crippen molar-refractivity contribution in [3.05, 3.63) is 0 Å². The standard InChI is InChI=1S/C16H29N3O4/c1-16(2,3)23-14(21)10-12(18-13(20)11-17-4)15(22)19-8-6-5-7-9-19/h12,17H,5-11H2,1-4H3,(H,18,20). The summed E-state index contributed by atoms with van der Waals surface area (Å²) in [4.78, 5) is 38.2. The number of hydrogen-bond donors (Lipinski definition) is 2. The van der Waals surface area contributed by atoms with Crippen LogP contribution >= 0.6 is 0 Å². The van der Waals surface area contributed by atoms with Crippen molar-refractivity contribution in [1.82, 2.24) is 15.5 Å². The third-order valence-corrected chi connectivity index (χ3v) is 3.43. The van der Waals surface area contributed by atoms with E-state index in [1.165, 1.54) is 0 Å². The maximum atomic E-state index is 12.6. The topological polar surface area (TPSA) is 87.7 Å². The summed E-state index contributed by atoms with van der Waals surface area (Å²) in [6, 6.07) is -0.871. The van der Waals surface area contributed by atoms with E-state index in [0.29, 0.717) is 13.1 Å². The fourth-order valence-corrected chi connectivity index (χ4v) is 2.49. The van der Waals surface area contributed by atoms with E-state index < -0.39 is 17.6 Å². The molecule has 0 bridgehead atoms. The smallest absolute Gasteiger partial charge is 0.308 e. The first-order valence-corrected chi connectivity index (χ1v) is 8.17. The van der Waals surface area contributed by atoms with Gasteiger partial charge in [0.1, 0.15) is 11.6 Å². The van der Waals surface area contributed by atoms with Crippen LogP contribution in [0.4, 0.5) is 0 Å². The summed E-state index contributed by atoms with van der Waals surface area (Å²) >= 11 is 0. The van der Waals surface area contributed by atoms with Crippen LogP contribution in [0, 0.1) is 0 Å². The molecule has 1 unspecified atom stereocenters. The molecule has 0 aliphatic carbocycles. The monoisotopic (exact) mass is 327 g/mol. The quantitative estimate of drug-likeness (QED) is 0.691. The molecule has 2 N–H and O–H groups in total. The number of esters is 1. The Hall–Kier alpha value is -1.63. The van der Waals surface area contributed by atoms with Gasteiger partial charge in [0.25, 0.3) is 0 Å². The van der Waals surface area contributed by atoms with Crippen LogP contribution in [0.25, 0.3) is 0 Å². The molecule has 1 rings (SSSR count). The zero-order valence-electron chi connectivity index (χ0n) is 14.6. The molecule has 0 aromatic rings. The number of nitrogens with one attached hydrogen (secondary N) is 2. The van der Waals surface area contributed by atoms with Gasteiger partial charge in [0.2, 0.25) is 11.8 Å². The summed E-state index contributed by atoms with van der Waals surface area (Å²) in [6.45, 7) is 6.75. The molecule has 7 heteroatoms. The molecule has 0 aromatic heterocycles. The van der Waals surface area contributed by atoms with E-state index in [4.69, 9.17) is 4.74 Å². The maximum Gasteiger partial charge on any atom is 0.308 e. The molecule has 1 saturated heterocycles. The third-order valence-electron chi connectivity index (χ3n) is 3.43. The summed E-state index contributed by atoms with van der Waals surface area (Å²) in [5.74, 6) is -1.01. The van der Waals surface area contributed by atoms with Crippen molar-refractivity contribution in [3.63, 3.8) is 0 Å². The lowest BCUT2D eigenvalue weighted by molar-refractivity contribution is -0.157. The predicted octanol–water partition coefficient (Wildman–Crippen LogP) is 0.435. The van der Waals surface area contributed by atoms with Crippen LogP contribution in [0.2, 0.25) is 0 Å². The molecular weight excluding hydrogens is 298 g/mol. The molecule has 1 aliphatic rings. The van der Waals surface area contributed by atoms with Gasteiger partial charge in [-0.15, -0.1) is 0 Å². The first-order valence-electron chi connectivity index (χ1n) is 8.17. The van der Waals surface area contributed by atoms with Gasteiger partial charge in [-0.3, -0.25) is 14.4 Å². The molecular formula is C16H29N3O4. The second kappa shape index (κ2) is 8.86. The molecule has 2 amide bonds. The van der Waals surface area contributed by atoms with Crippen molar-refractivity contribution >= 4 is 17.8 Å². The highest BCUT2D eigenvalue weighted by atomic mass is 16.6. The van der Waals surface area contributed by atoms with Crippen molar-refractivity contribution in [2.45, 2.75) is 58.1 Å². The molecule has 7 nitrogen and oxygen atoms in total. The fraction of sp³-hybridized carbons (Fsp3) is 0.812. The number of ether oxygens (including phenoxy) is 1. The van der Waals surface area contributed by atoms with Gasteiger partial charge >= 0.3 is 5.97 Å². The second-order valence-corrected chi connectivity index (χ2v) is 6.83. The van der Waals surface area contributed by atoms with Crippen molar-refractivity contribution in [1.29, 1.82) is 0 Å². The molecule has 1 aliphatic heterocycles. The summed E-state index contributed by atoms with van der Waals surface area (Å²) < 4.78 is 5.27. The molecule has 0 saturated carbocycles. The van der Waals surface area contributed by atoms with Gasteiger partial charge in [-0.25, -0.2) is 0 Å². The zero-order valence-corrected chi connectivity index (χ0v) is 14.6. The Morgan fingerprint density at radius 2 is 1.74 bits per heavy atom. The van der Waals surface area contributed by atoms with Gasteiger partial charge < -0.3 is 20.3 Å². The minimum Gasteiger partial charge on any atom is -0.460 e. The lowest BCUT2D eigenvalue weighted by Crippen LogP contribution is -2.52. The number of rotatable bonds is 6. The Bertz CT molecular complexity index is 426. The molecule has 1 fully saturated rings. The molecule has 1 atom stereocenters. The number of likely N-dealkylation sites (N-methyl/N-ethyl adjacent to an activating group) is 1. The van der Waals surface area contributed by atoms with Crippen LogP contribution in [0.15, 0.2) is 0 Å². The van der Waals surface area contributed by atoms with Crippen molar-refractivity contribution in [2.24, 2.45) is 0 Å². The zero-order chi connectivity index (χ0) is 17.5. The molecule has 0 spiro atoms. The van der Waals surface area contributed by atoms with Crippen LogP contribution < -0.4 is 10.6 Å². The Kier molecular flexibility index (Phi) is 7.48. The fourth-order valence-electron chi connectivity index (χ4n) is 2.49. The minimum absolute atomic E-state index is 0.0953. The number of piperidine rings is 1.